The van der Waals surface area contributed by atoms with E-state index in [-0.39, 0.29) is 6.10 Å². The minimum absolute atomic E-state index is 0.138. The fourth-order valence-electron chi connectivity index (χ4n) is 2.99. The molecule has 1 N–H and O–H groups in total. The average molecular weight is 291 g/mol. The molecule has 1 saturated heterocycles. The zero-order valence-corrected chi connectivity index (χ0v) is 12.5. The van der Waals surface area contributed by atoms with Gasteiger partial charge < -0.3 is 19.5 Å². The monoisotopic (exact) mass is 291 g/mol. The number of carbonyl (C=O) groups is 1. The third kappa shape index (κ3) is 2.58. The van der Waals surface area contributed by atoms with Gasteiger partial charge in [-0.1, -0.05) is 6.07 Å². The standard InChI is InChI=1S/C16H21NO4/c1-17-8-5-12(10-17)21-14-9-11(3-4-13(14)20-2)16(6-7-16)15(18)19/h3-4,9,12H,5-8,10H2,1-2H3,(H,18,19). The second kappa shape index (κ2) is 5.22. The maximum atomic E-state index is 11.5. The van der Waals surface area contributed by atoms with E-state index in [0.29, 0.717) is 24.3 Å². The Bertz CT molecular complexity index is 553. The second-order valence-electron chi connectivity index (χ2n) is 6.04. The lowest BCUT2D eigenvalue weighted by molar-refractivity contribution is -0.140. The number of hydrogen-bond donors (Lipinski definition) is 1. The first-order chi connectivity index (χ1) is 10.0. The van der Waals surface area contributed by atoms with E-state index >= 15 is 0 Å². The van der Waals surface area contributed by atoms with Crippen LogP contribution in [-0.2, 0) is 10.2 Å². The predicted molar refractivity (Wildman–Crippen MR) is 78.1 cm³/mol. The Morgan fingerprint density at radius 2 is 2.14 bits per heavy atom. The van der Waals surface area contributed by atoms with E-state index in [1.54, 1.807) is 7.11 Å². The SMILES string of the molecule is COc1ccc(C2(C(=O)O)CC2)cc1OC1CCN(C)C1. The summed E-state index contributed by atoms with van der Waals surface area (Å²) in [5.41, 5.74) is 0.105. The number of carboxylic acids is 1. The highest BCUT2D eigenvalue weighted by atomic mass is 16.5. The second-order valence-corrected chi connectivity index (χ2v) is 6.04. The van der Waals surface area contributed by atoms with Crippen LogP contribution in [0.5, 0.6) is 11.5 Å². The van der Waals surface area contributed by atoms with Gasteiger partial charge in [0.15, 0.2) is 11.5 Å². The van der Waals surface area contributed by atoms with E-state index in [9.17, 15) is 9.90 Å². The summed E-state index contributed by atoms with van der Waals surface area (Å²) < 4.78 is 11.4. The van der Waals surface area contributed by atoms with Gasteiger partial charge in [-0.15, -0.1) is 0 Å². The van der Waals surface area contributed by atoms with Crippen molar-refractivity contribution in [2.45, 2.75) is 30.8 Å². The zero-order valence-electron chi connectivity index (χ0n) is 12.5. The van der Waals surface area contributed by atoms with Crippen LogP contribution in [0.25, 0.3) is 0 Å². The van der Waals surface area contributed by atoms with Crippen molar-refractivity contribution in [2.24, 2.45) is 0 Å². The Labute approximate surface area is 124 Å². The van der Waals surface area contributed by atoms with E-state index in [1.807, 2.05) is 18.2 Å². The highest BCUT2D eigenvalue weighted by Crippen LogP contribution is 2.50. The molecule has 114 valence electrons. The van der Waals surface area contributed by atoms with Gasteiger partial charge in [0.1, 0.15) is 6.10 Å². The van der Waals surface area contributed by atoms with Gasteiger partial charge in [0.25, 0.3) is 0 Å². The van der Waals surface area contributed by atoms with Crippen molar-refractivity contribution in [2.75, 3.05) is 27.2 Å². The summed E-state index contributed by atoms with van der Waals surface area (Å²) >= 11 is 0. The van der Waals surface area contributed by atoms with Crippen LogP contribution in [-0.4, -0.2) is 49.3 Å². The Morgan fingerprint density at radius 3 is 2.67 bits per heavy atom. The van der Waals surface area contributed by atoms with Crippen LogP contribution in [0.2, 0.25) is 0 Å². The Morgan fingerprint density at radius 1 is 1.38 bits per heavy atom. The van der Waals surface area contributed by atoms with Crippen molar-refractivity contribution >= 4 is 5.97 Å². The number of nitrogens with zero attached hydrogens (tertiary/aromatic N) is 1. The number of rotatable bonds is 5. The number of aliphatic carboxylic acids is 1. The van der Waals surface area contributed by atoms with Gasteiger partial charge in [0.05, 0.1) is 12.5 Å². The van der Waals surface area contributed by atoms with Crippen LogP contribution < -0.4 is 9.47 Å². The molecule has 3 rings (SSSR count). The molecule has 1 aromatic carbocycles. The summed E-state index contributed by atoms with van der Waals surface area (Å²) in [6.07, 6.45) is 2.51. The first kappa shape index (κ1) is 14.2. The number of hydrogen-bond acceptors (Lipinski definition) is 4. The van der Waals surface area contributed by atoms with Crippen molar-refractivity contribution in [3.8, 4) is 11.5 Å². The minimum Gasteiger partial charge on any atom is -0.493 e. The molecule has 1 aromatic rings. The lowest BCUT2D eigenvalue weighted by atomic mass is 9.96. The van der Waals surface area contributed by atoms with Gasteiger partial charge in [0.2, 0.25) is 0 Å². The number of methoxy groups -OCH3 is 1. The van der Waals surface area contributed by atoms with Crippen molar-refractivity contribution in [3.05, 3.63) is 23.8 Å². The van der Waals surface area contributed by atoms with E-state index in [2.05, 4.69) is 11.9 Å². The smallest absolute Gasteiger partial charge is 0.314 e. The topological polar surface area (TPSA) is 59.0 Å². The normalized spacial score (nSPS) is 23.8. The fraction of sp³-hybridized carbons (Fsp3) is 0.562. The van der Waals surface area contributed by atoms with Crippen LogP contribution >= 0.6 is 0 Å². The molecule has 0 spiro atoms. The third-order valence-corrected chi connectivity index (χ3v) is 4.52. The van der Waals surface area contributed by atoms with Crippen molar-refractivity contribution < 1.29 is 19.4 Å². The Hall–Kier alpha value is -1.75. The summed E-state index contributed by atoms with van der Waals surface area (Å²) in [5, 5.41) is 9.41. The van der Waals surface area contributed by atoms with Gasteiger partial charge >= 0.3 is 5.97 Å². The molecule has 0 radical (unpaired) electrons. The largest absolute Gasteiger partial charge is 0.493 e. The van der Waals surface area contributed by atoms with Crippen molar-refractivity contribution in [1.82, 2.24) is 4.90 Å². The van der Waals surface area contributed by atoms with Gasteiger partial charge in [0, 0.05) is 13.1 Å². The number of likely N-dealkylation sites (tertiary alicyclic amines) is 1. The maximum Gasteiger partial charge on any atom is 0.314 e. The maximum absolute atomic E-state index is 11.5. The third-order valence-electron chi connectivity index (χ3n) is 4.52. The molecule has 2 aliphatic rings. The van der Waals surface area contributed by atoms with Gasteiger partial charge in [-0.25, -0.2) is 0 Å². The highest BCUT2D eigenvalue weighted by Gasteiger charge is 2.52. The van der Waals surface area contributed by atoms with Crippen LogP contribution in [0.3, 0.4) is 0 Å². The average Bonchev–Trinajstić information content (AvgIpc) is 3.18. The lowest BCUT2D eigenvalue weighted by Gasteiger charge is -2.19. The molecular formula is C16H21NO4. The predicted octanol–water partition coefficient (Wildman–Crippen LogP) is 1.89. The number of carboxylic acid groups (broad SMARTS) is 1. The van der Waals surface area contributed by atoms with Gasteiger partial charge in [-0.2, -0.15) is 0 Å². The summed E-state index contributed by atoms with van der Waals surface area (Å²) in [6, 6.07) is 5.50. The number of likely N-dealkylation sites (N-methyl/N-ethyl adjacent to an activating group) is 1. The summed E-state index contributed by atoms with van der Waals surface area (Å²) in [7, 11) is 3.67. The summed E-state index contributed by atoms with van der Waals surface area (Å²) in [5.74, 6) is 0.566. The number of benzene rings is 1. The molecule has 1 heterocycles. The summed E-state index contributed by atoms with van der Waals surface area (Å²) in [4.78, 5) is 13.7. The fourth-order valence-corrected chi connectivity index (χ4v) is 2.99. The van der Waals surface area contributed by atoms with E-state index in [1.165, 1.54) is 0 Å². The van der Waals surface area contributed by atoms with Crippen LogP contribution in [0, 0.1) is 0 Å². The van der Waals surface area contributed by atoms with E-state index < -0.39 is 11.4 Å². The zero-order chi connectivity index (χ0) is 15.0. The van der Waals surface area contributed by atoms with Crippen molar-refractivity contribution in [1.29, 1.82) is 0 Å². The Balaban J connectivity index is 1.86. The van der Waals surface area contributed by atoms with Crippen molar-refractivity contribution in [3.63, 3.8) is 0 Å². The molecule has 1 atom stereocenters. The van der Waals surface area contributed by atoms with Crippen LogP contribution in [0.4, 0.5) is 0 Å². The lowest BCUT2D eigenvalue weighted by Crippen LogP contribution is -2.22. The molecule has 1 aliphatic heterocycles. The van der Waals surface area contributed by atoms with Gasteiger partial charge in [-0.3, -0.25) is 4.79 Å². The van der Waals surface area contributed by atoms with E-state index in [4.69, 9.17) is 9.47 Å². The molecule has 5 heteroatoms. The first-order valence-corrected chi connectivity index (χ1v) is 7.32. The molecule has 1 saturated carbocycles. The van der Waals surface area contributed by atoms with Crippen LogP contribution in [0.1, 0.15) is 24.8 Å². The molecule has 21 heavy (non-hydrogen) atoms. The molecule has 2 fully saturated rings. The molecular weight excluding hydrogens is 270 g/mol. The molecule has 0 amide bonds. The Kier molecular flexibility index (Phi) is 3.53. The minimum atomic E-state index is -0.751. The molecule has 5 nitrogen and oxygen atoms in total. The molecule has 1 unspecified atom stereocenters. The summed E-state index contributed by atoms with van der Waals surface area (Å²) in [6.45, 7) is 1.91. The first-order valence-electron chi connectivity index (χ1n) is 7.32. The van der Waals surface area contributed by atoms with Gasteiger partial charge in [-0.05, 0) is 44.0 Å². The number of ether oxygens (including phenoxy) is 2. The highest BCUT2D eigenvalue weighted by molar-refractivity contribution is 5.85. The quantitative estimate of drug-likeness (QED) is 0.898. The van der Waals surface area contributed by atoms with Crippen LogP contribution in [0.15, 0.2) is 18.2 Å². The molecule has 1 aliphatic carbocycles. The molecule has 0 bridgehead atoms. The van der Waals surface area contributed by atoms with E-state index in [0.717, 1.165) is 25.1 Å². The molecule has 0 aromatic heterocycles.